The molecule has 14 heavy (non-hydrogen) atoms. The van der Waals surface area contributed by atoms with Crippen LogP contribution in [0.15, 0.2) is 12.1 Å². The van der Waals surface area contributed by atoms with Gasteiger partial charge in [-0.15, -0.1) is 0 Å². The Balaban J connectivity index is 3.31. The minimum absolute atomic E-state index is 0.174. The smallest absolute Gasteiger partial charge is 0.338 e. The molecular weight excluding hydrogens is 190 g/mol. The van der Waals surface area contributed by atoms with Gasteiger partial charge in [-0.25, -0.2) is 13.6 Å². The number of carbonyl (C=O) groups is 1. The SMILES string of the molecule is CC(C)c1cc(F)c(C(=O)O)cc1F. The maximum atomic E-state index is 13.2. The highest BCUT2D eigenvalue weighted by atomic mass is 19.1. The first-order valence-electron chi connectivity index (χ1n) is 4.15. The summed E-state index contributed by atoms with van der Waals surface area (Å²) in [5.74, 6) is -3.22. The molecule has 0 amide bonds. The maximum absolute atomic E-state index is 13.2. The largest absolute Gasteiger partial charge is 0.478 e. The zero-order valence-corrected chi connectivity index (χ0v) is 7.84. The molecule has 1 rings (SSSR count). The number of hydrogen-bond acceptors (Lipinski definition) is 1. The van der Waals surface area contributed by atoms with Gasteiger partial charge in [-0.05, 0) is 23.6 Å². The Kier molecular flexibility index (Phi) is 2.84. The van der Waals surface area contributed by atoms with Gasteiger partial charge in [0.25, 0.3) is 0 Å². The van der Waals surface area contributed by atoms with Crippen molar-refractivity contribution in [3.63, 3.8) is 0 Å². The third-order valence-corrected chi connectivity index (χ3v) is 1.94. The molecule has 0 aliphatic rings. The van der Waals surface area contributed by atoms with Crippen LogP contribution in [0.2, 0.25) is 0 Å². The van der Waals surface area contributed by atoms with Crippen LogP contribution in [0.25, 0.3) is 0 Å². The molecule has 0 saturated carbocycles. The summed E-state index contributed by atoms with van der Waals surface area (Å²) in [6.07, 6.45) is 0. The van der Waals surface area contributed by atoms with Gasteiger partial charge in [-0.3, -0.25) is 0 Å². The fourth-order valence-electron chi connectivity index (χ4n) is 1.17. The summed E-state index contributed by atoms with van der Waals surface area (Å²) >= 11 is 0. The van der Waals surface area contributed by atoms with Gasteiger partial charge < -0.3 is 5.11 Å². The fraction of sp³-hybridized carbons (Fsp3) is 0.300. The normalized spacial score (nSPS) is 10.6. The lowest BCUT2D eigenvalue weighted by Crippen LogP contribution is -2.04. The summed E-state index contributed by atoms with van der Waals surface area (Å²) in [7, 11) is 0. The van der Waals surface area contributed by atoms with Gasteiger partial charge in [-0.2, -0.15) is 0 Å². The van der Waals surface area contributed by atoms with Crippen molar-refractivity contribution in [1.82, 2.24) is 0 Å². The number of benzene rings is 1. The third-order valence-electron chi connectivity index (χ3n) is 1.94. The van der Waals surface area contributed by atoms with Crippen LogP contribution in [-0.2, 0) is 0 Å². The quantitative estimate of drug-likeness (QED) is 0.796. The maximum Gasteiger partial charge on any atom is 0.338 e. The fourth-order valence-corrected chi connectivity index (χ4v) is 1.17. The molecule has 0 unspecified atom stereocenters. The first-order chi connectivity index (χ1) is 6.43. The first kappa shape index (κ1) is 10.6. The van der Waals surface area contributed by atoms with Crippen molar-refractivity contribution in [1.29, 1.82) is 0 Å². The highest BCUT2D eigenvalue weighted by Gasteiger charge is 2.16. The summed E-state index contributed by atoms with van der Waals surface area (Å²) in [6, 6.07) is 1.65. The van der Waals surface area contributed by atoms with Crippen molar-refractivity contribution in [2.45, 2.75) is 19.8 Å². The van der Waals surface area contributed by atoms with Gasteiger partial charge in [0.15, 0.2) is 0 Å². The lowest BCUT2D eigenvalue weighted by molar-refractivity contribution is 0.0691. The van der Waals surface area contributed by atoms with Crippen LogP contribution in [-0.4, -0.2) is 11.1 Å². The summed E-state index contributed by atoms with van der Waals surface area (Å²) in [5.41, 5.74) is -0.445. The monoisotopic (exact) mass is 200 g/mol. The van der Waals surface area contributed by atoms with E-state index in [9.17, 15) is 13.6 Å². The van der Waals surface area contributed by atoms with E-state index in [1.54, 1.807) is 13.8 Å². The molecule has 0 fully saturated rings. The number of rotatable bonds is 2. The predicted molar refractivity (Wildman–Crippen MR) is 47.4 cm³/mol. The molecule has 0 bridgehead atoms. The Morgan fingerprint density at radius 3 is 2.29 bits per heavy atom. The van der Waals surface area contributed by atoms with E-state index in [1.807, 2.05) is 0 Å². The summed E-state index contributed by atoms with van der Waals surface area (Å²) < 4.78 is 26.3. The molecule has 2 nitrogen and oxygen atoms in total. The van der Waals surface area contributed by atoms with E-state index in [-0.39, 0.29) is 11.5 Å². The highest BCUT2D eigenvalue weighted by molar-refractivity contribution is 5.88. The van der Waals surface area contributed by atoms with Gasteiger partial charge in [-0.1, -0.05) is 13.8 Å². The predicted octanol–water partition coefficient (Wildman–Crippen LogP) is 2.79. The minimum Gasteiger partial charge on any atom is -0.478 e. The van der Waals surface area contributed by atoms with E-state index >= 15 is 0 Å². The Hall–Kier alpha value is -1.45. The average Bonchev–Trinajstić information content (AvgIpc) is 2.07. The molecule has 1 aromatic carbocycles. The van der Waals surface area contributed by atoms with Crippen molar-refractivity contribution in [3.8, 4) is 0 Å². The van der Waals surface area contributed by atoms with Crippen molar-refractivity contribution in [2.75, 3.05) is 0 Å². The number of aromatic carboxylic acids is 1. The van der Waals surface area contributed by atoms with E-state index in [2.05, 4.69) is 0 Å². The van der Waals surface area contributed by atoms with Crippen LogP contribution in [0.4, 0.5) is 8.78 Å². The van der Waals surface area contributed by atoms with Crippen LogP contribution in [0, 0.1) is 11.6 Å². The number of carboxylic acids is 1. The highest BCUT2D eigenvalue weighted by Crippen LogP contribution is 2.21. The Bertz CT molecular complexity index is 373. The lowest BCUT2D eigenvalue weighted by atomic mass is 10.0. The molecule has 76 valence electrons. The Labute approximate surface area is 80.2 Å². The van der Waals surface area contributed by atoms with E-state index in [1.165, 1.54) is 0 Å². The van der Waals surface area contributed by atoms with Crippen molar-refractivity contribution >= 4 is 5.97 Å². The number of halogens is 2. The average molecular weight is 200 g/mol. The first-order valence-corrected chi connectivity index (χ1v) is 4.15. The molecule has 0 aliphatic heterocycles. The second-order valence-corrected chi connectivity index (χ2v) is 3.31. The molecule has 0 saturated heterocycles. The number of hydrogen-bond donors (Lipinski definition) is 1. The molecular formula is C10H10F2O2. The van der Waals surface area contributed by atoms with Crippen molar-refractivity contribution in [3.05, 3.63) is 34.9 Å². The molecule has 0 aromatic heterocycles. The van der Waals surface area contributed by atoms with Gasteiger partial charge in [0.05, 0.1) is 5.56 Å². The third kappa shape index (κ3) is 1.89. The molecule has 4 heteroatoms. The molecule has 1 aromatic rings. The number of carboxylic acid groups (broad SMARTS) is 1. The van der Waals surface area contributed by atoms with Crippen molar-refractivity contribution in [2.24, 2.45) is 0 Å². The van der Waals surface area contributed by atoms with E-state index in [0.717, 1.165) is 6.07 Å². The molecule has 0 aliphatic carbocycles. The Morgan fingerprint density at radius 1 is 1.29 bits per heavy atom. The lowest BCUT2D eigenvalue weighted by Gasteiger charge is -2.08. The second kappa shape index (κ2) is 3.74. The van der Waals surface area contributed by atoms with Crippen LogP contribution in [0.5, 0.6) is 0 Å². The zero-order chi connectivity index (χ0) is 10.9. The van der Waals surface area contributed by atoms with Crippen LogP contribution in [0.3, 0.4) is 0 Å². The molecule has 0 radical (unpaired) electrons. The van der Waals surface area contributed by atoms with Gasteiger partial charge in [0.1, 0.15) is 11.6 Å². The summed E-state index contributed by atoms with van der Waals surface area (Å²) in [4.78, 5) is 10.4. The molecule has 0 heterocycles. The summed E-state index contributed by atoms with van der Waals surface area (Å²) in [6.45, 7) is 3.41. The van der Waals surface area contributed by atoms with Gasteiger partial charge in [0.2, 0.25) is 0 Å². The molecule has 0 spiro atoms. The minimum atomic E-state index is -1.46. The van der Waals surface area contributed by atoms with E-state index in [0.29, 0.717) is 6.07 Å². The van der Waals surface area contributed by atoms with Crippen LogP contribution < -0.4 is 0 Å². The van der Waals surface area contributed by atoms with Crippen LogP contribution >= 0.6 is 0 Å². The molecule has 0 atom stereocenters. The topological polar surface area (TPSA) is 37.3 Å². The van der Waals surface area contributed by atoms with Crippen molar-refractivity contribution < 1.29 is 18.7 Å². The Morgan fingerprint density at radius 2 is 1.86 bits per heavy atom. The van der Waals surface area contributed by atoms with Gasteiger partial charge >= 0.3 is 5.97 Å². The van der Waals surface area contributed by atoms with E-state index < -0.39 is 23.2 Å². The van der Waals surface area contributed by atoms with Crippen LogP contribution in [0.1, 0.15) is 35.7 Å². The molecule has 1 N–H and O–H groups in total. The summed E-state index contributed by atoms with van der Waals surface area (Å²) in [5, 5.41) is 8.51. The zero-order valence-electron chi connectivity index (χ0n) is 7.84. The van der Waals surface area contributed by atoms with E-state index in [4.69, 9.17) is 5.11 Å². The second-order valence-electron chi connectivity index (χ2n) is 3.31. The standard InChI is InChI=1S/C10H10F2O2/c1-5(2)6-3-9(12)7(10(13)14)4-8(6)11/h3-5H,1-2H3,(H,13,14). The van der Waals surface area contributed by atoms with Gasteiger partial charge in [0, 0.05) is 0 Å².